The molecule has 0 spiro atoms. The first-order valence-corrected chi connectivity index (χ1v) is 8.39. The molecule has 1 atom stereocenters. The second-order valence-electron chi connectivity index (χ2n) is 6.27. The third-order valence-electron chi connectivity index (χ3n) is 4.70. The van der Waals surface area contributed by atoms with Crippen LogP contribution < -0.4 is 0 Å². The number of benzene rings is 1. The molecule has 1 fully saturated rings. The number of aromatic amines is 1. The van der Waals surface area contributed by atoms with E-state index >= 15 is 0 Å². The van der Waals surface area contributed by atoms with Crippen LogP contribution in [0.15, 0.2) is 36.4 Å². The molecular weight excluding hydrogens is 304 g/mol. The van der Waals surface area contributed by atoms with Gasteiger partial charge in [0.05, 0.1) is 5.56 Å². The van der Waals surface area contributed by atoms with Crippen LogP contribution in [-0.2, 0) is 6.42 Å². The molecule has 1 aromatic carbocycles. The average Bonchev–Trinajstić information content (AvgIpc) is 3.10. The van der Waals surface area contributed by atoms with E-state index in [1.165, 1.54) is 0 Å². The fourth-order valence-corrected chi connectivity index (χ4v) is 3.27. The Bertz CT molecular complexity index is 733. The maximum Gasteiger partial charge on any atom is 0.335 e. The van der Waals surface area contributed by atoms with Crippen molar-refractivity contribution in [1.29, 1.82) is 0 Å². The number of carboxylic acid groups (broad SMARTS) is 1. The Morgan fingerprint density at radius 2 is 1.96 bits per heavy atom. The fraction of sp³-hybridized carbons (Fsp3) is 0.368. The van der Waals surface area contributed by atoms with Crippen LogP contribution in [0.2, 0.25) is 0 Å². The monoisotopic (exact) mass is 326 g/mol. The molecular formula is C19H22N2O3. The maximum atomic E-state index is 12.7. The third-order valence-corrected chi connectivity index (χ3v) is 4.70. The highest BCUT2D eigenvalue weighted by Gasteiger charge is 2.26. The Labute approximate surface area is 141 Å². The number of hydrogen-bond acceptors (Lipinski definition) is 2. The number of aryl methyl sites for hydroxylation is 1. The third kappa shape index (κ3) is 3.35. The van der Waals surface area contributed by atoms with Gasteiger partial charge in [0.15, 0.2) is 0 Å². The molecule has 5 nitrogen and oxygen atoms in total. The maximum absolute atomic E-state index is 12.7. The standard InChI is InChI=1S/C19H22N2O3/c1-2-16-9-10-17(20-16)18(22)21-11-3-4-15(12-21)13-5-7-14(8-6-13)19(23)24/h5-10,15,20H,2-4,11-12H2,1H3,(H,23,24)/t15-/m0/s1. The summed E-state index contributed by atoms with van der Waals surface area (Å²) in [6, 6.07) is 10.8. The number of piperidine rings is 1. The van der Waals surface area contributed by atoms with Gasteiger partial charge in [-0.2, -0.15) is 0 Å². The Hall–Kier alpha value is -2.56. The number of aromatic nitrogens is 1. The lowest BCUT2D eigenvalue weighted by Crippen LogP contribution is -2.39. The quantitative estimate of drug-likeness (QED) is 0.905. The van der Waals surface area contributed by atoms with Crippen LogP contribution in [0.3, 0.4) is 0 Å². The van der Waals surface area contributed by atoms with Gasteiger partial charge in [-0.1, -0.05) is 19.1 Å². The molecule has 0 radical (unpaired) electrons. The van der Waals surface area contributed by atoms with Crippen LogP contribution in [-0.4, -0.2) is 40.0 Å². The van der Waals surface area contributed by atoms with Gasteiger partial charge in [-0.25, -0.2) is 4.79 Å². The molecule has 126 valence electrons. The van der Waals surface area contributed by atoms with E-state index in [1.807, 2.05) is 29.2 Å². The van der Waals surface area contributed by atoms with Gasteiger partial charge in [0.1, 0.15) is 5.69 Å². The number of carbonyl (C=O) groups is 2. The second-order valence-corrected chi connectivity index (χ2v) is 6.27. The van der Waals surface area contributed by atoms with Crippen LogP contribution in [0.5, 0.6) is 0 Å². The summed E-state index contributed by atoms with van der Waals surface area (Å²) in [5.74, 6) is -0.617. The Kier molecular flexibility index (Phi) is 4.69. The Balaban J connectivity index is 1.71. The van der Waals surface area contributed by atoms with E-state index in [4.69, 9.17) is 5.11 Å². The van der Waals surface area contributed by atoms with E-state index in [9.17, 15) is 9.59 Å². The van der Waals surface area contributed by atoms with E-state index in [-0.39, 0.29) is 11.8 Å². The van der Waals surface area contributed by atoms with E-state index in [2.05, 4.69) is 11.9 Å². The molecule has 0 saturated carbocycles. The van der Waals surface area contributed by atoms with Crippen molar-refractivity contribution in [2.45, 2.75) is 32.1 Å². The van der Waals surface area contributed by atoms with Gasteiger partial charge in [0.2, 0.25) is 0 Å². The molecule has 0 unspecified atom stereocenters. The second kappa shape index (κ2) is 6.91. The summed E-state index contributed by atoms with van der Waals surface area (Å²) in [6.45, 7) is 3.49. The summed E-state index contributed by atoms with van der Waals surface area (Å²) in [6.07, 6.45) is 2.85. The molecule has 3 rings (SSSR count). The molecule has 2 heterocycles. The highest BCUT2D eigenvalue weighted by molar-refractivity contribution is 5.92. The number of H-pyrrole nitrogens is 1. The van der Waals surface area contributed by atoms with Crippen LogP contribution in [0, 0.1) is 0 Å². The van der Waals surface area contributed by atoms with E-state index in [0.717, 1.165) is 37.1 Å². The molecule has 2 N–H and O–H groups in total. The summed E-state index contributed by atoms with van der Waals surface area (Å²) in [5, 5.41) is 8.99. The first-order valence-electron chi connectivity index (χ1n) is 8.39. The SMILES string of the molecule is CCc1ccc(C(=O)N2CCC[C@H](c3ccc(C(=O)O)cc3)C2)[nH]1. The van der Waals surface area contributed by atoms with Crippen molar-refractivity contribution >= 4 is 11.9 Å². The number of hydrogen-bond donors (Lipinski definition) is 2. The number of carbonyl (C=O) groups excluding carboxylic acids is 1. The van der Waals surface area contributed by atoms with Gasteiger partial charge in [-0.15, -0.1) is 0 Å². The minimum Gasteiger partial charge on any atom is -0.478 e. The average molecular weight is 326 g/mol. The van der Waals surface area contributed by atoms with Crippen molar-refractivity contribution in [2.75, 3.05) is 13.1 Å². The van der Waals surface area contributed by atoms with Gasteiger partial charge in [0, 0.05) is 24.7 Å². The van der Waals surface area contributed by atoms with Gasteiger partial charge < -0.3 is 15.0 Å². The lowest BCUT2D eigenvalue weighted by molar-refractivity contribution is 0.0692. The number of aromatic carboxylic acids is 1. The lowest BCUT2D eigenvalue weighted by Gasteiger charge is -2.33. The Morgan fingerprint density at radius 1 is 1.21 bits per heavy atom. The molecule has 5 heteroatoms. The van der Waals surface area contributed by atoms with Gasteiger partial charge >= 0.3 is 5.97 Å². The first kappa shape index (κ1) is 16.3. The van der Waals surface area contributed by atoms with E-state index in [1.54, 1.807) is 12.1 Å². The van der Waals surface area contributed by atoms with Gasteiger partial charge in [-0.05, 0) is 49.1 Å². The molecule has 1 aromatic heterocycles. The van der Waals surface area contributed by atoms with Crippen LogP contribution in [0.4, 0.5) is 0 Å². The molecule has 1 amide bonds. The van der Waals surface area contributed by atoms with E-state index < -0.39 is 5.97 Å². The zero-order chi connectivity index (χ0) is 17.1. The van der Waals surface area contributed by atoms with Crippen LogP contribution >= 0.6 is 0 Å². The summed E-state index contributed by atoms with van der Waals surface area (Å²) >= 11 is 0. The lowest BCUT2D eigenvalue weighted by atomic mass is 9.90. The summed E-state index contributed by atoms with van der Waals surface area (Å²) in [4.78, 5) is 28.7. The molecule has 1 aliphatic rings. The molecule has 24 heavy (non-hydrogen) atoms. The number of likely N-dealkylation sites (tertiary alicyclic amines) is 1. The van der Waals surface area contributed by atoms with Crippen LogP contribution in [0.25, 0.3) is 0 Å². The highest BCUT2D eigenvalue weighted by atomic mass is 16.4. The topological polar surface area (TPSA) is 73.4 Å². The van der Waals surface area contributed by atoms with Crippen molar-refractivity contribution in [3.63, 3.8) is 0 Å². The number of nitrogens with zero attached hydrogens (tertiary/aromatic N) is 1. The predicted octanol–water partition coefficient (Wildman–Crippen LogP) is 3.30. The molecule has 1 saturated heterocycles. The van der Waals surface area contributed by atoms with Gasteiger partial charge in [0.25, 0.3) is 5.91 Å². The summed E-state index contributed by atoms with van der Waals surface area (Å²) in [5.41, 5.74) is 3.10. The molecule has 2 aromatic rings. The smallest absolute Gasteiger partial charge is 0.335 e. The highest BCUT2D eigenvalue weighted by Crippen LogP contribution is 2.28. The molecule has 1 aliphatic heterocycles. The zero-order valence-electron chi connectivity index (χ0n) is 13.8. The minimum atomic E-state index is -0.916. The first-order chi connectivity index (χ1) is 11.6. The van der Waals surface area contributed by atoms with Crippen molar-refractivity contribution < 1.29 is 14.7 Å². The minimum absolute atomic E-state index is 0.0431. The number of carboxylic acids is 1. The largest absolute Gasteiger partial charge is 0.478 e. The fourth-order valence-electron chi connectivity index (χ4n) is 3.27. The van der Waals surface area contributed by atoms with Crippen LogP contribution in [0.1, 0.15) is 57.8 Å². The van der Waals surface area contributed by atoms with Crippen molar-refractivity contribution in [3.05, 3.63) is 58.9 Å². The van der Waals surface area contributed by atoms with Crippen molar-refractivity contribution in [1.82, 2.24) is 9.88 Å². The van der Waals surface area contributed by atoms with E-state index in [0.29, 0.717) is 17.8 Å². The number of rotatable bonds is 4. The number of nitrogens with one attached hydrogen (secondary N) is 1. The summed E-state index contributed by atoms with van der Waals surface area (Å²) < 4.78 is 0. The Morgan fingerprint density at radius 3 is 2.58 bits per heavy atom. The summed E-state index contributed by atoms with van der Waals surface area (Å²) in [7, 11) is 0. The van der Waals surface area contributed by atoms with Crippen molar-refractivity contribution in [2.24, 2.45) is 0 Å². The normalized spacial score (nSPS) is 17.7. The molecule has 0 aliphatic carbocycles. The van der Waals surface area contributed by atoms with Crippen molar-refractivity contribution in [3.8, 4) is 0 Å². The zero-order valence-corrected chi connectivity index (χ0v) is 13.8. The number of amides is 1. The predicted molar refractivity (Wildman–Crippen MR) is 91.5 cm³/mol. The van der Waals surface area contributed by atoms with Gasteiger partial charge in [-0.3, -0.25) is 4.79 Å². The molecule has 0 bridgehead atoms.